The van der Waals surface area contributed by atoms with E-state index in [9.17, 15) is 19.2 Å². The summed E-state index contributed by atoms with van der Waals surface area (Å²) in [5.41, 5.74) is 2.18. The first-order valence-corrected chi connectivity index (χ1v) is 15.0. The molecule has 0 aromatic heterocycles. The molecule has 38 heavy (non-hydrogen) atoms. The number of carbonyl (C=O) groups is 4. The Labute approximate surface area is 225 Å². The number of hydrogen-bond acceptors (Lipinski definition) is 5. The lowest BCUT2D eigenvalue weighted by Gasteiger charge is -2.57. The number of piperidine rings is 1. The fourth-order valence-electron chi connectivity index (χ4n) is 8.62. The van der Waals surface area contributed by atoms with Crippen molar-refractivity contribution < 1.29 is 19.2 Å². The summed E-state index contributed by atoms with van der Waals surface area (Å²) in [6, 6.07) is 4.51. The molecule has 5 fully saturated rings. The van der Waals surface area contributed by atoms with E-state index in [1.54, 1.807) is 6.07 Å². The van der Waals surface area contributed by atoms with Gasteiger partial charge in [0.15, 0.2) is 0 Å². The lowest BCUT2D eigenvalue weighted by molar-refractivity contribution is -0.136. The first-order chi connectivity index (χ1) is 18.4. The maximum atomic E-state index is 13.2. The molecule has 1 saturated heterocycles. The second kappa shape index (κ2) is 10.6. The molecule has 0 radical (unpaired) electrons. The van der Waals surface area contributed by atoms with Gasteiger partial charge in [0.25, 0.3) is 11.8 Å². The number of unbranched alkanes of at least 4 members (excludes halogenated alkanes) is 5. The first-order valence-electron chi connectivity index (χ1n) is 15.0. The van der Waals surface area contributed by atoms with Crippen LogP contribution in [0.5, 0.6) is 0 Å². The van der Waals surface area contributed by atoms with E-state index in [0.29, 0.717) is 16.7 Å². The summed E-state index contributed by atoms with van der Waals surface area (Å²) >= 11 is 0. The third kappa shape index (κ3) is 4.94. The summed E-state index contributed by atoms with van der Waals surface area (Å²) in [5, 5.41) is 6.27. The van der Waals surface area contributed by atoms with Crippen LogP contribution in [-0.2, 0) is 16.0 Å². The average molecular weight is 520 g/mol. The number of aryl methyl sites for hydroxylation is 1. The van der Waals surface area contributed by atoms with Crippen LogP contribution in [0.1, 0.15) is 116 Å². The minimum absolute atomic E-state index is 0.134. The molecular weight excluding hydrogens is 478 g/mol. The standard InChI is InChI=1S/C31H41N3O4/c35-26-12-11-25(28(36)33-26)34-29(37)24-10-7-9-23(27(24)30(34)38)8-5-3-1-2-4-6-13-32-31-17-20-14-21(18-31)16-22(15-20)19-31/h7,9-10,20-22,25,32H,1-6,8,11-19H2,(H,33,35,36). The van der Waals surface area contributed by atoms with Crippen molar-refractivity contribution in [2.75, 3.05) is 6.54 Å². The van der Waals surface area contributed by atoms with Gasteiger partial charge in [0.05, 0.1) is 11.1 Å². The molecule has 7 rings (SSSR count). The van der Waals surface area contributed by atoms with Gasteiger partial charge in [0, 0.05) is 12.0 Å². The van der Waals surface area contributed by atoms with Crippen LogP contribution < -0.4 is 10.6 Å². The number of benzene rings is 1. The van der Waals surface area contributed by atoms with Crippen LogP contribution in [0.3, 0.4) is 0 Å². The number of amides is 4. The van der Waals surface area contributed by atoms with E-state index in [-0.39, 0.29) is 18.7 Å². The largest absolute Gasteiger partial charge is 0.311 e. The number of nitrogens with zero attached hydrogens (tertiary/aromatic N) is 1. The topological polar surface area (TPSA) is 95.6 Å². The van der Waals surface area contributed by atoms with Crippen LogP contribution in [0.15, 0.2) is 18.2 Å². The minimum Gasteiger partial charge on any atom is -0.311 e. The zero-order chi connectivity index (χ0) is 26.3. The predicted molar refractivity (Wildman–Crippen MR) is 143 cm³/mol. The highest BCUT2D eigenvalue weighted by Crippen LogP contribution is 2.55. The smallest absolute Gasteiger partial charge is 0.262 e. The summed E-state index contributed by atoms with van der Waals surface area (Å²) in [6.07, 6.45) is 16.8. The molecular formula is C31H41N3O4. The Balaban J connectivity index is 0.923. The molecule has 0 spiro atoms. The first kappa shape index (κ1) is 25.7. The molecule has 4 saturated carbocycles. The predicted octanol–water partition coefficient (Wildman–Crippen LogP) is 4.53. The van der Waals surface area contributed by atoms with Crippen molar-refractivity contribution >= 4 is 23.6 Å². The van der Waals surface area contributed by atoms with Gasteiger partial charge in [0.2, 0.25) is 11.8 Å². The van der Waals surface area contributed by atoms with Crippen molar-refractivity contribution in [2.45, 2.75) is 108 Å². The van der Waals surface area contributed by atoms with Crippen molar-refractivity contribution in [1.29, 1.82) is 0 Å². The van der Waals surface area contributed by atoms with E-state index in [4.69, 9.17) is 0 Å². The van der Waals surface area contributed by atoms with Gasteiger partial charge in [-0.1, -0.05) is 37.8 Å². The molecule has 4 amide bonds. The van der Waals surface area contributed by atoms with Crippen molar-refractivity contribution in [3.05, 3.63) is 34.9 Å². The molecule has 4 aliphatic carbocycles. The maximum absolute atomic E-state index is 13.2. The Morgan fingerprint density at radius 1 is 0.842 bits per heavy atom. The van der Waals surface area contributed by atoms with Crippen LogP contribution in [0, 0.1) is 17.8 Å². The van der Waals surface area contributed by atoms with Crippen LogP contribution in [0.2, 0.25) is 0 Å². The number of hydrogen-bond donors (Lipinski definition) is 2. The van der Waals surface area contributed by atoms with Gasteiger partial charge in [-0.2, -0.15) is 0 Å². The van der Waals surface area contributed by atoms with Crippen molar-refractivity contribution in [3.63, 3.8) is 0 Å². The molecule has 7 nitrogen and oxygen atoms in total. The molecule has 1 atom stereocenters. The normalized spacial score (nSPS) is 31.7. The molecule has 4 bridgehead atoms. The van der Waals surface area contributed by atoms with Crippen molar-refractivity contribution in [3.8, 4) is 0 Å². The number of imide groups is 2. The minimum atomic E-state index is -0.912. The van der Waals surface area contributed by atoms with Crippen molar-refractivity contribution in [1.82, 2.24) is 15.5 Å². The van der Waals surface area contributed by atoms with Crippen molar-refractivity contribution in [2.24, 2.45) is 17.8 Å². The second-order valence-electron chi connectivity index (χ2n) is 12.8. The molecule has 6 aliphatic rings. The summed E-state index contributed by atoms with van der Waals surface area (Å²) in [7, 11) is 0. The fraction of sp³-hybridized carbons (Fsp3) is 0.677. The molecule has 2 heterocycles. The van der Waals surface area contributed by atoms with E-state index < -0.39 is 23.8 Å². The molecule has 2 N–H and O–H groups in total. The van der Waals surface area contributed by atoms with E-state index in [1.165, 1.54) is 64.2 Å². The Hall–Kier alpha value is -2.54. The van der Waals surface area contributed by atoms with Gasteiger partial charge >= 0.3 is 0 Å². The number of carbonyl (C=O) groups excluding carboxylic acids is 4. The lowest BCUT2D eigenvalue weighted by atomic mass is 9.53. The zero-order valence-electron chi connectivity index (χ0n) is 22.4. The molecule has 204 valence electrons. The highest BCUT2D eigenvalue weighted by molar-refractivity contribution is 6.24. The second-order valence-corrected chi connectivity index (χ2v) is 12.8. The molecule has 7 heteroatoms. The average Bonchev–Trinajstić information content (AvgIpc) is 3.12. The Bertz CT molecular complexity index is 1090. The number of fused-ring (bicyclic) bond motifs is 1. The quantitative estimate of drug-likeness (QED) is 0.331. The van der Waals surface area contributed by atoms with Gasteiger partial charge in [-0.05, 0) is 100 Å². The number of rotatable bonds is 11. The lowest BCUT2D eigenvalue weighted by Crippen LogP contribution is -2.58. The molecule has 1 aromatic rings. The van der Waals surface area contributed by atoms with Crippen LogP contribution in [0.25, 0.3) is 0 Å². The van der Waals surface area contributed by atoms with Gasteiger partial charge in [-0.3, -0.25) is 29.4 Å². The van der Waals surface area contributed by atoms with Gasteiger partial charge in [0.1, 0.15) is 6.04 Å². The van der Waals surface area contributed by atoms with Crippen LogP contribution in [-0.4, -0.2) is 46.7 Å². The Kier molecular flexibility index (Phi) is 7.14. The SMILES string of the molecule is O=C1CCC(N2C(=O)c3cccc(CCCCCCCCNC45CC6CC(CC(C6)C4)C5)c3C2=O)C(=O)N1. The van der Waals surface area contributed by atoms with E-state index in [1.807, 2.05) is 12.1 Å². The summed E-state index contributed by atoms with van der Waals surface area (Å²) in [5.74, 6) is 1.23. The van der Waals surface area contributed by atoms with Gasteiger partial charge in [-0.25, -0.2) is 0 Å². The Morgan fingerprint density at radius 3 is 2.18 bits per heavy atom. The Morgan fingerprint density at radius 2 is 1.50 bits per heavy atom. The number of nitrogens with one attached hydrogen (secondary N) is 2. The van der Waals surface area contributed by atoms with Gasteiger partial charge < -0.3 is 5.32 Å². The van der Waals surface area contributed by atoms with Gasteiger partial charge in [-0.15, -0.1) is 0 Å². The van der Waals surface area contributed by atoms with E-state index >= 15 is 0 Å². The van der Waals surface area contributed by atoms with E-state index in [0.717, 1.165) is 54.0 Å². The molecule has 1 aromatic carbocycles. The molecule has 2 aliphatic heterocycles. The maximum Gasteiger partial charge on any atom is 0.262 e. The summed E-state index contributed by atoms with van der Waals surface area (Å²) in [6.45, 7) is 1.15. The van der Waals surface area contributed by atoms with Crippen LogP contribution in [0.4, 0.5) is 0 Å². The molecule has 1 unspecified atom stereocenters. The fourth-order valence-corrected chi connectivity index (χ4v) is 8.62. The monoisotopic (exact) mass is 519 g/mol. The highest BCUT2D eigenvalue weighted by atomic mass is 16.2. The highest BCUT2D eigenvalue weighted by Gasteiger charge is 2.50. The third-order valence-electron chi connectivity index (χ3n) is 9.97. The third-order valence-corrected chi connectivity index (χ3v) is 9.97. The zero-order valence-corrected chi connectivity index (χ0v) is 22.4. The van der Waals surface area contributed by atoms with Crippen LogP contribution >= 0.6 is 0 Å². The van der Waals surface area contributed by atoms with E-state index in [2.05, 4.69) is 10.6 Å². The summed E-state index contributed by atoms with van der Waals surface area (Å²) in [4.78, 5) is 51.1. The summed E-state index contributed by atoms with van der Waals surface area (Å²) < 4.78 is 0.